The van der Waals surface area contributed by atoms with Gasteiger partial charge in [-0.15, -0.1) is 0 Å². The number of hydrogen-bond donors (Lipinski definition) is 2. The molecule has 0 bridgehead atoms. The molecule has 2 aromatic heterocycles. The minimum Gasteiger partial charge on any atom is -0.368 e. The number of piperazine rings is 1. The molecule has 1 saturated heterocycles. The quantitative estimate of drug-likeness (QED) is 0.310. The minimum atomic E-state index is -0.362. The smallest absolute Gasteiger partial charge is 0.240 e. The van der Waals surface area contributed by atoms with E-state index in [1.807, 2.05) is 17.7 Å². The van der Waals surface area contributed by atoms with Gasteiger partial charge < -0.3 is 20.2 Å². The van der Waals surface area contributed by atoms with Crippen molar-refractivity contribution in [2.75, 3.05) is 31.1 Å². The van der Waals surface area contributed by atoms with Gasteiger partial charge in [0.2, 0.25) is 5.91 Å². The van der Waals surface area contributed by atoms with Crippen molar-refractivity contribution in [1.29, 1.82) is 0 Å². The molecule has 1 aliphatic heterocycles. The third kappa shape index (κ3) is 5.63. The molecule has 0 spiro atoms. The molecule has 3 N–H and O–H groups in total. The Kier molecular flexibility index (Phi) is 7.73. The number of aryl methyl sites for hydroxylation is 1. The van der Waals surface area contributed by atoms with Gasteiger partial charge in [-0.3, -0.25) is 9.69 Å². The van der Waals surface area contributed by atoms with E-state index in [2.05, 4.69) is 91.9 Å². The van der Waals surface area contributed by atoms with Gasteiger partial charge in [-0.05, 0) is 36.0 Å². The minimum absolute atomic E-state index is 0.125. The first-order chi connectivity index (χ1) is 19.0. The summed E-state index contributed by atoms with van der Waals surface area (Å²) in [6.45, 7) is 17.3. The third-order valence-corrected chi connectivity index (χ3v) is 8.36. The average molecular weight is 542 g/mol. The molecular weight excluding hydrogens is 498 g/mol. The summed E-state index contributed by atoms with van der Waals surface area (Å²) in [6.07, 6.45) is 2.90. The summed E-state index contributed by atoms with van der Waals surface area (Å²) < 4.78 is 1.97. The number of nitrogens with two attached hydrogens (primary N) is 1. The van der Waals surface area contributed by atoms with E-state index >= 15 is 0 Å². The number of nitrogens with one attached hydrogen (secondary N) is 1. The number of hydrogen-bond acceptors (Lipinski definition) is 5. The Morgan fingerprint density at radius 2 is 1.75 bits per heavy atom. The first kappa shape index (κ1) is 27.9. The summed E-state index contributed by atoms with van der Waals surface area (Å²) in [5.74, 6) is 1.61. The summed E-state index contributed by atoms with van der Waals surface area (Å²) in [6, 6.07) is 14.7. The molecule has 1 amide bonds. The number of rotatable bonds is 8. The number of amides is 1. The van der Waals surface area contributed by atoms with Crippen molar-refractivity contribution in [2.24, 2.45) is 11.7 Å². The largest absolute Gasteiger partial charge is 0.368 e. The highest BCUT2D eigenvalue weighted by atomic mass is 16.1. The lowest BCUT2D eigenvalue weighted by Gasteiger charge is -2.35. The van der Waals surface area contributed by atoms with Gasteiger partial charge in [0.1, 0.15) is 23.2 Å². The van der Waals surface area contributed by atoms with Crippen LogP contribution < -0.4 is 10.6 Å². The molecule has 2 unspecified atom stereocenters. The molecule has 40 heavy (non-hydrogen) atoms. The summed E-state index contributed by atoms with van der Waals surface area (Å²) in [5.41, 5.74) is 12.5. The highest BCUT2D eigenvalue weighted by Gasteiger charge is 2.27. The Labute approximate surface area is 237 Å². The van der Waals surface area contributed by atoms with Crippen LogP contribution in [-0.2, 0) is 16.8 Å². The SMILES string of the molecule is CCC(C)C(C(N)=O)n1cc(CN2CCN(c3cccc4[nH]c(-c5ccc(C(C)(C)C)cc5)nc34)CC2)nc1C. The van der Waals surface area contributed by atoms with Gasteiger partial charge in [-0.25, -0.2) is 9.97 Å². The number of primary amides is 1. The molecule has 1 aliphatic rings. The average Bonchev–Trinajstić information content (AvgIpc) is 3.52. The fourth-order valence-electron chi connectivity index (χ4n) is 5.73. The molecule has 212 valence electrons. The fraction of sp³-hybridized carbons (Fsp3) is 0.469. The van der Waals surface area contributed by atoms with Crippen molar-refractivity contribution in [2.45, 2.75) is 66.0 Å². The number of benzene rings is 2. The number of aromatic amines is 1. The predicted molar refractivity (Wildman–Crippen MR) is 162 cm³/mol. The number of imidazole rings is 2. The zero-order chi connectivity index (χ0) is 28.6. The second-order valence-electron chi connectivity index (χ2n) is 12.3. The lowest BCUT2D eigenvalue weighted by atomic mass is 9.87. The molecule has 0 radical (unpaired) electrons. The van der Waals surface area contributed by atoms with E-state index in [-0.39, 0.29) is 23.3 Å². The Bertz CT molecular complexity index is 1470. The number of carbonyl (C=O) groups is 1. The van der Waals surface area contributed by atoms with Crippen LogP contribution in [0.4, 0.5) is 5.69 Å². The molecule has 0 aliphatic carbocycles. The van der Waals surface area contributed by atoms with Gasteiger partial charge in [0.05, 0.1) is 16.9 Å². The molecule has 5 rings (SSSR count). The maximum atomic E-state index is 12.2. The predicted octanol–water partition coefficient (Wildman–Crippen LogP) is 5.43. The van der Waals surface area contributed by atoms with Crippen LogP contribution in [0.1, 0.15) is 64.2 Å². The maximum absolute atomic E-state index is 12.2. The molecule has 8 heteroatoms. The number of fused-ring (bicyclic) bond motifs is 1. The normalized spacial score (nSPS) is 16.4. The van der Waals surface area contributed by atoms with E-state index in [4.69, 9.17) is 15.7 Å². The van der Waals surface area contributed by atoms with E-state index in [1.165, 1.54) is 11.3 Å². The van der Waals surface area contributed by atoms with Crippen LogP contribution in [0.5, 0.6) is 0 Å². The molecule has 8 nitrogen and oxygen atoms in total. The van der Waals surface area contributed by atoms with E-state index in [0.29, 0.717) is 0 Å². The van der Waals surface area contributed by atoms with Gasteiger partial charge in [0.15, 0.2) is 0 Å². The summed E-state index contributed by atoms with van der Waals surface area (Å²) in [5, 5.41) is 0. The van der Waals surface area contributed by atoms with E-state index in [1.54, 1.807) is 0 Å². The van der Waals surface area contributed by atoms with Crippen LogP contribution in [0, 0.1) is 12.8 Å². The number of para-hydroxylation sites is 1. The van der Waals surface area contributed by atoms with Crippen molar-refractivity contribution in [3.05, 3.63) is 65.7 Å². The van der Waals surface area contributed by atoms with E-state index < -0.39 is 0 Å². The Morgan fingerprint density at radius 3 is 2.38 bits per heavy atom. The first-order valence-electron chi connectivity index (χ1n) is 14.5. The monoisotopic (exact) mass is 541 g/mol. The van der Waals surface area contributed by atoms with Crippen LogP contribution in [0.2, 0.25) is 0 Å². The van der Waals surface area contributed by atoms with Gasteiger partial charge in [0, 0.05) is 44.5 Å². The third-order valence-electron chi connectivity index (χ3n) is 8.36. The zero-order valence-corrected chi connectivity index (χ0v) is 24.7. The van der Waals surface area contributed by atoms with Crippen molar-refractivity contribution >= 4 is 22.6 Å². The lowest BCUT2D eigenvalue weighted by Crippen LogP contribution is -2.46. The molecule has 3 heterocycles. The van der Waals surface area contributed by atoms with Gasteiger partial charge in [0.25, 0.3) is 0 Å². The molecular formula is C32H43N7O. The van der Waals surface area contributed by atoms with Crippen molar-refractivity contribution in [3.8, 4) is 11.4 Å². The topological polar surface area (TPSA) is 96.1 Å². The standard InChI is InChI=1S/C32H43N7O/c1-7-21(2)29(30(33)40)39-20-25(34-22(39)3)19-37-15-17-38(18-16-37)27-10-8-9-26-28(27)36-31(35-26)23-11-13-24(14-12-23)32(4,5)6/h8-14,20-21,29H,7,15-19H2,1-6H3,(H2,33,40)(H,35,36). The number of nitrogens with zero attached hydrogens (tertiary/aromatic N) is 5. The Hall–Kier alpha value is -3.65. The Morgan fingerprint density at radius 1 is 1.05 bits per heavy atom. The van der Waals surface area contributed by atoms with Crippen molar-refractivity contribution < 1.29 is 4.79 Å². The van der Waals surface area contributed by atoms with Gasteiger partial charge in [-0.1, -0.05) is 71.4 Å². The second kappa shape index (κ2) is 11.1. The molecule has 0 saturated carbocycles. The van der Waals surface area contributed by atoms with Crippen molar-refractivity contribution in [3.63, 3.8) is 0 Å². The first-order valence-corrected chi connectivity index (χ1v) is 14.5. The van der Waals surface area contributed by atoms with Crippen LogP contribution in [-0.4, -0.2) is 56.5 Å². The number of anilines is 1. The van der Waals surface area contributed by atoms with Crippen molar-refractivity contribution in [1.82, 2.24) is 24.4 Å². The number of H-pyrrole nitrogens is 1. The molecule has 2 atom stereocenters. The van der Waals surface area contributed by atoms with Gasteiger partial charge >= 0.3 is 0 Å². The van der Waals surface area contributed by atoms with E-state index in [9.17, 15) is 4.79 Å². The number of carbonyl (C=O) groups excluding carboxylic acids is 1. The van der Waals surface area contributed by atoms with Crippen LogP contribution in [0.25, 0.3) is 22.4 Å². The summed E-state index contributed by atoms with van der Waals surface area (Å²) >= 11 is 0. The van der Waals surface area contributed by atoms with Crippen LogP contribution in [0.15, 0.2) is 48.7 Å². The zero-order valence-electron chi connectivity index (χ0n) is 24.7. The molecule has 1 fully saturated rings. The Balaban J connectivity index is 1.27. The number of aromatic nitrogens is 4. The lowest BCUT2D eigenvalue weighted by molar-refractivity contribution is -0.122. The maximum Gasteiger partial charge on any atom is 0.240 e. The van der Waals surface area contributed by atoms with Crippen LogP contribution >= 0.6 is 0 Å². The highest BCUT2D eigenvalue weighted by Crippen LogP contribution is 2.31. The summed E-state index contributed by atoms with van der Waals surface area (Å²) in [7, 11) is 0. The van der Waals surface area contributed by atoms with Crippen LogP contribution in [0.3, 0.4) is 0 Å². The fourth-order valence-corrected chi connectivity index (χ4v) is 5.73. The van der Waals surface area contributed by atoms with Gasteiger partial charge in [-0.2, -0.15) is 0 Å². The summed E-state index contributed by atoms with van der Waals surface area (Å²) in [4.78, 5) is 30.4. The second-order valence-corrected chi connectivity index (χ2v) is 12.3. The molecule has 4 aromatic rings. The van der Waals surface area contributed by atoms with E-state index in [0.717, 1.165) is 73.1 Å². The molecule has 2 aromatic carbocycles. The highest BCUT2D eigenvalue weighted by molar-refractivity contribution is 5.91.